The predicted molar refractivity (Wildman–Crippen MR) is 65.2 cm³/mol. The lowest BCUT2D eigenvalue weighted by Gasteiger charge is -2.30. The van der Waals surface area contributed by atoms with Crippen molar-refractivity contribution >= 4 is 11.8 Å². The van der Waals surface area contributed by atoms with Gasteiger partial charge in [-0.15, -0.1) is 0 Å². The molecule has 0 saturated carbocycles. The number of nitrogens with two attached hydrogens (primary N) is 1. The van der Waals surface area contributed by atoms with Crippen LogP contribution in [-0.4, -0.2) is 43.0 Å². The second-order valence-corrected chi connectivity index (χ2v) is 4.90. The van der Waals surface area contributed by atoms with Gasteiger partial charge >= 0.3 is 0 Å². The molecule has 3 unspecified atom stereocenters. The van der Waals surface area contributed by atoms with Crippen LogP contribution in [0.1, 0.15) is 20.8 Å². The summed E-state index contributed by atoms with van der Waals surface area (Å²) in [7, 11) is 0. The fraction of sp³-hybridized carbons (Fsp3) is 0.818. The van der Waals surface area contributed by atoms with E-state index in [4.69, 9.17) is 5.73 Å². The van der Waals surface area contributed by atoms with E-state index in [9.17, 15) is 9.59 Å². The highest BCUT2D eigenvalue weighted by Gasteiger charge is 2.28. The smallest absolute Gasteiger partial charge is 0.240 e. The van der Waals surface area contributed by atoms with Gasteiger partial charge in [-0.25, -0.2) is 0 Å². The summed E-state index contributed by atoms with van der Waals surface area (Å²) in [5, 5.41) is 9.01. The Hall–Kier alpha value is -1.14. The van der Waals surface area contributed by atoms with E-state index in [0.29, 0.717) is 12.6 Å². The molecule has 98 valence electrons. The Bertz CT molecular complexity index is 285. The number of amides is 2. The molecular weight excluding hydrogens is 220 g/mol. The molecule has 2 amide bonds. The molecule has 1 aliphatic rings. The number of piperazine rings is 1. The normalized spacial score (nSPS) is 26.6. The number of carbonyl (C=O) groups is 2. The number of hydrogen-bond donors (Lipinski definition) is 4. The van der Waals surface area contributed by atoms with E-state index in [1.165, 1.54) is 0 Å². The number of hydrogen-bond acceptors (Lipinski definition) is 4. The van der Waals surface area contributed by atoms with E-state index < -0.39 is 11.9 Å². The van der Waals surface area contributed by atoms with Gasteiger partial charge < -0.3 is 21.7 Å². The fourth-order valence-electron chi connectivity index (χ4n) is 1.79. The summed E-state index contributed by atoms with van der Waals surface area (Å²) in [6.45, 7) is 7.05. The maximum absolute atomic E-state index is 11.9. The molecule has 0 spiro atoms. The van der Waals surface area contributed by atoms with E-state index >= 15 is 0 Å². The minimum absolute atomic E-state index is 0.00748. The fourth-order valence-corrected chi connectivity index (χ4v) is 1.79. The van der Waals surface area contributed by atoms with Crippen molar-refractivity contribution in [3.63, 3.8) is 0 Å². The van der Waals surface area contributed by atoms with Crippen LogP contribution in [-0.2, 0) is 9.59 Å². The van der Waals surface area contributed by atoms with Crippen LogP contribution in [0.5, 0.6) is 0 Å². The maximum atomic E-state index is 11.9. The van der Waals surface area contributed by atoms with Crippen LogP contribution in [0, 0.1) is 5.92 Å². The van der Waals surface area contributed by atoms with Crippen molar-refractivity contribution in [1.82, 2.24) is 16.0 Å². The summed E-state index contributed by atoms with van der Waals surface area (Å²) in [6, 6.07) is -0.550. The highest BCUT2D eigenvalue weighted by Crippen LogP contribution is 2.02. The Labute approximate surface area is 102 Å². The molecule has 1 rings (SSSR count). The number of carbonyl (C=O) groups excluding carboxylic acids is 2. The lowest BCUT2D eigenvalue weighted by atomic mass is 10.0. The summed E-state index contributed by atoms with van der Waals surface area (Å²) in [6.07, 6.45) is 0. The Morgan fingerprint density at radius 1 is 1.29 bits per heavy atom. The van der Waals surface area contributed by atoms with Gasteiger partial charge in [0.05, 0.1) is 6.04 Å². The summed E-state index contributed by atoms with van der Waals surface area (Å²) >= 11 is 0. The largest absolute Gasteiger partial charge is 0.368 e. The first-order valence-electron chi connectivity index (χ1n) is 5.98. The Morgan fingerprint density at radius 3 is 2.35 bits per heavy atom. The van der Waals surface area contributed by atoms with Crippen LogP contribution >= 0.6 is 0 Å². The number of rotatable bonds is 4. The van der Waals surface area contributed by atoms with Crippen molar-refractivity contribution in [3.8, 4) is 0 Å². The lowest BCUT2D eigenvalue weighted by molar-refractivity contribution is -0.129. The molecule has 0 aliphatic carbocycles. The molecule has 6 nitrogen and oxygen atoms in total. The van der Waals surface area contributed by atoms with Crippen LogP contribution in [0.2, 0.25) is 0 Å². The molecule has 1 heterocycles. The van der Waals surface area contributed by atoms with Crippen molar-refractivity contribution in [1.29, 1.82) is 0 Å². The first-order chi connectivity index (χ1) is 7.91. The van der Waals surface area contributed by atoms with Crippen molar-refractivity contribution in [2.75, 3.05) is 13.1 Å². The van der Waals surface area contributed by atoms with Gasteiger partial charge in [0.2, 0.25) is 11.8 Å². The molecule has 6 heteroatoms. The predicted octanol–water partition coefficient (Wildman–Crippen LogP) is -1.44. The van der Waals surface area contributed by atoms with Crippen LogP contribution < -0.4 is 21.7 Å². The quantitative estimate of drug-likeness (QED) is 0.485. The van der Waals surface area contributed by atoms with Gasteiger partial charge in [0, 0.05) is 19.1 Å². The molecule has 3 atom stereocenters. The van der Waals surface area contributed by atoms with Crippen molar-refractivity contribution < 1.29 is 9.59 Å². The van der Waals surface area contributed by atoms with Crippen LogP contribution in [0.15, 0.2) is 0 Å². The van der Waals surface area contributed by atoms with Crippen molar-refractivity contribution in [3.05, 3.63) is 0 Å². The Kier molecular flexibility index (Phi) is 4.89. The molecule has 0 aromatic carbocycles. The summed E-state index contributed by atoms with van der Waals surface area (Å²) in [5.41, 5.74) is 5.25. The van der Waals surface area contributed by atoms with E-state index in [2.05, 4.69) is 16.0 Å². The SMILES string of the molecule is CC1CNC(C(=O)NC(C(N)=O)C(C)C)CN1. The standard InChI is InChI=1S/C11H22N4O2/c1-6(2)9(10(12)16)15-11(17)8-5-13-7(3)4-14-8/h6-9,13-14H,4-5H2,1-3H3,(H2,12,16)(H,15,17). The average molecular weight is 242 g/mol. The van der Waals surface area contributed by atoms with Gasteiger partial charge in [0.15, 0.2) is 0 Å². The molecule has 1 fully saturated rings. The third-order valence-corrected chi connectivity index (χ3v) is 2.93. The third-order valence-electron chi connectivity index (χ3n) is 2.93. The van der Waals surface area contributed by atoms with Gasteiger partial charge in [-0.2, -0.15) is 0 Å². The molecule has 1 saturated heterocycles. The molecule has 17 heavy (non-hydrogen) atoms. The van der Waals surface area contributed by atoms with Crippen molar-refractivity contribution in [2.24, 2.45) is 11.7 Å². The Morgan fingerprint density at radius 2 is 1.94 bits per heavy atom. The van der Waals surface area contributed by atoms with E-state index in [-0.39, 0.29) is 17.9 Å². The van der Waals surface area contributed by atoms with Gasteiger partial charge in [-0.3, -0.25) is 9.59 Å². The van der Waals surface area contributed by atoms with E-state index in [1.54, 1.807) is 0 Å². The molecule has 0 aromatic heterocycles. The molecule has 0 radical (unpaired) electrons. The Balaban J connectivity index is 2.50. The minimum atomic E-state index is -0.608. The second-order valence-electron chi connectivity index (χ2n) is 4.90. The average Bonchev–Trinajstić information content (AvgIpc) is 2.25. The maximum Gasteiger partial charge on any atom is 0.240 e. The highest BCUT2D eigenvalue weighted by molar-refractivity contribution is 5.89. The number of primary amides is 1. The molecular formula is C11H22N4O2. The zero-order valence-corrected chi connectivity index (χ0v) is 10.6. The van der Waals surface area contributed by atoms with Crippen molar-refractivity contribution in [2.45, 2.75) is 38.9 Å². The van der Waals surface area contributed by atoms with Crippen LogP contribution in [0.3, 0.4) is 0 Å². The molecule has 1 aliphatic heterocycles. The van der Waals surface area contributed by atoms with Crippen LogP contribution in [0.25, 0.3) is 0 Å². The van der Waals surface area contributed by atoms with Gasteiger partial charge in [0.1, 0.15) is 6.04 Å². The second kappa shape index (κ2) is 5.97. The summed E-state index contributed by atoms with van der Waals surface area (Å²) in [4.78, 5) is 23.1. The highest BCUT2D eigenvalue weighted by atomic mass is 16.2. The van der Waals surface area contributed by atoms with E-state index in [1.807, 2.05) is 20.8 Å². The summed E-state index contributed by atoms with van der Waals surface area (Å²) in [5.74, 6) is -0.681. The monoisotopic (exact) mass is 242 g/mol. The van der Waals surface area contributed by atoms with Gasteiger partial charge in [-0.1, -0.05) is 13.8 Å². The first kappa shape index (κ1) is 13.9. The topological polar surface area (TPSA) is 96.2 Å². The lowest BCUT2D eigenvalue weighted by Crippen LogP contribution is -2.61. The number of nitrogens with one attached hydrogen (secondary N) is 3. The zero-order chi connectivity index (χ0) is 13.0. The minimum Gasteiger partial charge on any atom is -0.368 e. The molecule has 0 aromatic rings. The molecule has 0 bridgehead atoms. The third kappa shape index (κ3) is 3.98. The summed E-state index contributed by atoms with van der Waals surface area (Å²) < 4.78 is 0. The zero-order valence-electron chi connectivity index (χ0n) is 10.6. The van der Waals surface area contributed by atoms with Gasteiger partial charge in [-0.05, 0) is 12.8 Å². The van der Waals surface area contributed by atoms with E-state index in [0.717, 1.165) is 6.54 Å². The molecule has 5 N–H and O–H groups in total. The van der Waals surface area contributed by atoms with Crippen LogP contribution in [0.4, 0.5) is 0 Å². The first-order valence-corrected chi connectivity index (χ1v) is 5.98. The van der Waals surface area contributed by atoms with Gasteiger partial charge in [0.25, 0.3) is 0 Å².